The van der Waals surface area contributed by atoms with Crippen molar-refractivity contribution in [1.29, 1.82) is 0 Å². The van der Waals surface area contributed by atoms with Gasteiger partial charge in [0.15, 0.2) is 0 Å². The van der Waals surface area contributed by atoms with Crippen molar-refractivity contribution in [3.8, 4) is 0 Å². The molecule has 4 N–H and O–H groups in total. The molecule has 162 valence electrons. The van der Waals surface area contributed by atoms with E-state index in [-0.39, 0.29) is 18.6 Å². The number of hydrogen-bond acceptors (Lipinski definition) is 4. The van der Waals surface area contributed by atoms with Crippen LogP contribution in [0.1, 0.15) is 64.1 Å². The van der Waals surface area contributed by atoms with Gasteiger partial charge in [0.2, 0.25) is 5.91 Å². The maximum atomic E-state index is 14.0. The highest BCUT2D eigenvalue weighted by Gasteiger charge is 2.46. The summed E-state index contributed by atoms with van der Waals surface area (Å²) in [6.07, 6.45) is 2.57. The highest BCUT2D eigenvalue weighted by atomic mass is 16.4. The van der Waals surface area contributed by atoms with Gasteiger partial charge in [0.05, 0.1) is 16.6 Å². The van der Waals surface area contributed by atoms with Crippen LogP contribution in [-0.2, 0) is 0 Å². The van der Waals surface area contributed by atoms with E-state index in [1.807, 2.05) is 64.2 Å². The second-order valence-corrected chi connectivity index (χ2v) is 9.17. The molecule has 0 radical (unpaired) electrons. The minimum atomic E-state index is -1.14. The summed E-state index contributed by atoms with van der Waals surface area (Å²) in [6, 6.07) is 9.80. The van der Waals surface area contributed by atoms with Crippen LogP contribution in [0, 0.1) is 10.8 Å². The fourth-order valence-corrected chi connectivity index (χ4v) is 3.80. The SMILES string of the molecule is CCCC1=CN[C@H](c2cc3ccccc3n2C(=O)[C@](C)(CNC(=O)O)C(C)(C)C)N1. The van der Waals surface area contributed by atoms with Crippen LogP contribution in [0.2, 0.25) is 0 Å². The molecule has 7 heteroatoms. The first-order chi connectivity index (χ1) is 14.1. The zero-order chi connectivity index (χ0) is 22.1. The number of nitrogens with zero attached hydrogens (tertiary/aromatic N) is 1. The van der Waals surface area contributed by atoms with Gasteiger partial charge in [-0.3, -0.25) is 9.36 Å². The van der Waals surface area contributed by atoms with Gasteiger partial charge in [-0.25, -0.2) is 4.79 Å². The van der Waals surface area contributed by atoms with Gasteiger partial charge in [-0.05, 0) is 30.9 Å². The Morgan fingerprint density at radius 1 is 1.20 bits per heavy atom. The summed E-state index contributed by atoms with van der Waals surface area (Å²) in [6.45, 7) is 9.88. The van der Waals surface area contributed by atoms with Gasteiger partial charge < -0.3 is 21.1 Å². The molecule has 7 nitrogen and oxygen atoms in total. The van der Waals surface area contributed by atoms with Crippen molar-refractivity contribution in [3.05, 3.63) is 47.9 Å². The van der Waals surface area contributed by atoms with E-state index in [4.69, 9.17) is 0 Å². The van der Waals surface area contributed by atoms with Crippen LogP contribution < -0.4 is 16.0 Å². The molecule has 0 spiro atoms. The smallest absolute Gasteiger partial charge is 0.404 e. The lowest BCUT2D eigenvalue weighted by atomic mass is 9.67. The Morgan fingerprint density at radius 3 is 2.53 bits per heavy atom. The molecule has 0 aliphatic carbocycles. The minimum absolute atomic E-state index is 0.0292. The Hall–Kier alpha value is -2.96. The summed E-state index contributed by atoms with van der Waals surface area (Å²) in [5.41, 5.74) is 1.31. The number of hydrogen-bond donors (Lipinski definition) is 4. The van der Waals surface area contributed by atoms with Crippen molar-refractivity contribution in [1.82, 2.24) is 20.5 Å². The van der Waals surface area contributed by atoms with Gasteiger partial charge in [-0.1, -0.05) is 52.3 Å². The van der Waals surface area contributed by atoms with Crippen molar-refractivity contribution in [3.63, 3.8) is 0 Å². The van der Waals surface area contributed by atoms with Crippen LogP contribution in [0.5, 0.6) is 0 Å². The molecule has 1 amide bonds. The van der Waals surface area contributed by atoms with Crippen molar-refractivity contribution in [2.24, 2.45) is 10.8 Å². The minimum Gasteiger partial charge on any atom is -0.465 e. The van der Waals surface area contributed by atoms with Crippen molar-refractivity contribution < 1.29 is 14.7 Å². The molecule has 3 rings (SSSR count). The molecule has 1 aliphatic heterocycles. The highest BCUT2D eigenvalue weighted by molar-refractivity contribution is 5.97. The number of carbonyl (C=O) groups excluding carboxylic acids is 1. The molecule has 2 atom stereocenters. The Bertz CT molecular complexity index is 986. The molecular weight excluding hydrogens is 380 g/mol. The van der Waals surface area contributed by atoms with Crippen molar-refractivity contribution >= 4 is 22.9 Å². The van der Waals surface area contributed by atoms with E-state index in [1.54, 1.807) is 4.57 Å². The Morgan fingerprint density at radius 2 is 1.90 bits per heavy atom. The number of fused-ring (bicyclic) bond motifs is 1. The molecule has 0 saturated carbocycles. The Kier molecular flexibility index (Phi) is 5.83. The summed E-state index contributed by atoms with van der Waals surface area (Å²) >= 11 is 0. The number of benzene rings is 1. The second kappa shape index (κ2) is 8.05. The first kappa shape index (κ1) is 21.7. The molecule has 1 aromatic carbocycles. The first-order valence-corrected chi connectivity index (χ1v) is 10.4. The third-order valence-corrected chi connectivity index (χ3v) is 6.23. The third-order valence-electron chi connectivity index (χ3n) is 6.23. The molecule has 0 bridgehead atoms. The number of allylic oxidation sites excluding steroid dienone is 1. The van der Waals surface area contributed by atoms with Gasteiger partial charge in [-0.2, -0.15) is 0 Å². The number of carboxylic acid groups (broad SMARTS) is 1. The predicted molar refractivity (Wildman–Crippen MR) is 118 cm³/mol. The average Bonchev–Trinajstić information content (AvgIpc) is 3.29. The Labute approximate surface area is 177 Å². The zero-order valence-electron chi connectivity index (χ0n) is 18.4. The molecule has 1 aromatic heterocycles. The third kappa shape index (κ3) is 3.88. The zero-order valence-corrected chi connectivity index (χ0v) is 18.4. The first-order valence-electron chi connectivity index (χ1n) is 10.4. The van der Waals surface area contributed by atoms with E-state index < -0.39 is 16.9 Å². The lowest BCUT2D eigenvalue weighted by Crippen LogP contribution is -2.51. The molecule has 0 fully saturated rings. The molecule has 0 unspecified atom stereocenters. The van der Waals surface area contributed by atoms with Gasteiger partial charge in [0.25, 0.3) is 0 Å². The molecule has 0 saturated heterocycles. The van der Waals surface area contributed by atoms with E-state index in [0.717, 1.165) is 35.1 Å². The average molecular weight is 413 g/mol. The summed E-state index contributed by atoms with van der Waals surface area (Å²) in [7, 11) is 0. The summed E-state index contributed by atoms with van der Waals surface area (Å²) in [5, 5.41) is 19.4. The molecular formula is C23H32N4O3. The lowest BCUT2D eigenvalue weighted by molar-refractivity contribution is 0.0467. The van der Waals surface area contributed by atoms with Crippen LogP contribution in [-0.4, -0.2) is 28.2 Å². The van der Waals surface area contributed by atoms with E-state index in [9.17, 15) is 14.7 Å². The largest absolute Gasteiger partial charge is 0.465 e. The van der Waals surface area contributed by atoms with Gasteiger partial charge in [0.1, 0.15) is 6.17 Å². The van der Waals surface area contributed by atoms with Crippen LogP contribution in [0.25, 0.3) is 10.9 Å². The summed E-state index contributed by atoms with van der Waals surface area (Å²) in [5.74, 6) is -0.132. The summed E-state index contributed by atoms with van der Waals surface area (Å²) < 4.78 is 1.75. The molecule has 1 aliphatic rings. The van der Waals surface area contributed by atoms with E-state index in [2.05, 4.69) is 22.9 Å². The second-order valence-electron chi connectivity index (χ2n) is 9.17. The molecule has 2 heterocycles. The van der Waals surface area contributed by atoms with E-state index >= 15 is 0 Å². The maximum absolute atomic E-state index is 14.0. The highest BCUT2D eigenvalue weighted by Crippen LogP contribution is 2.41. The fourth-order valence-electron chi connectivity index (χ4n) is 3.80. The van der Waals surface area contributed by atoms with Crippen molar-refractivity contribution in [2.45, 2.75) is 53.6 Å². The van der Waals surface area contributed by atoms with Gasteiger partial charge >= 0.3 is 6.09 Å². The van der Waals surface area contributed by atoms with E-state index in [1.165, 1.54) is 0 Å². The number of amides is 1. The number of nitrogens with one attached hydrogen (secondary N) is 3. The predicted octanol–water partition coefficient (Wildman–Crippen LogP) is 4.43. The van der Waals surface area contributed by atoms with Gasteiger partial charge in [-0.15, -0.1) is 0 Å². The molecule has 30 heavy (non-hydrogen) atoms. The normalized spacial score (nSPS) is 18.3. The quantitative estimate of drug-likeness (QED) is 0.563. The topological polar surface area (TPSA) is 95.4 Å². The number of rotatable bonds is 6. The van der Waals surface area contributed by atoms with E-state index in [0.29, 0.717) is 0 Å². The lowest BCUT2D eigenvalue weighted by Gasteiger charge is -2.41. The Balaban J connectivity index is 2.09. The van der Waals surface area contributed by atoms with Crippen LogP contribution in [0.15, 0.2) is 42.2 Å². The monoisotopic (exact) mass is 412 g/mol. The van der Waals surface area contributed by atoms with Crippen LogP contribution in [0.4, 0.5) is 4.79 Å². The maximum Gasteiger partial charge on any atom is 0.404 e. The van der Waals surface area contributed by atoms with Gasteiger partial charge in [0, 0.05) is 23.8 Å². The number of para-hydroxylation sites is 1. The fraction of sp³-hybridized carbons (Fsp3) is 0.478. The molecule has 2 aromatic rings. The van der Waals surface area contributed by atoms with Crippen LogP contribution >= 0.6 is 0 Å². The number of aromatic nitrogens is 1. The number of carbonyl (C=O) groups is 2. The standard InChI is InChI=1S/C23H32N4O3/c1-6-9-16-13-24-19(26-16)18-12-15-10-7-8-11-17(15)27(18)20(28)23(5,22(2,3)4)14-25-21(29)30/h7-8,10-13,19,24-26H,6,9,14H2,1-5H3,(H,29,30)/t19-,23-/m0/s1. The van der Waals surface area contributed by atoms with Crippen LogP contribution in [0.3, 0.4) is 0 Å². The summed E-state index contributed by atoms with van der Waals surface area (Å²) in [4.78, 5) is 25.3. The van der Waals surface area contributed by atoms with Crippen molar-refractivity contribution in [2.75, 3.05) is 6.54 Å².